The molecule has 0 aliphatic heterocycles. The third-order valence-electron chi connectivity index (χ3n) is 3.70. The van der Waals surface area contributed by atoms with Crippen LogP contribution in [0.25, 0.3) is 0 Å². The molecule has 0 spiro atoms. The molecule has 1 aromatic rings. The van der Waals surface area contributed by atoms with Gasteiger partial charge in [-0.3, -0.25) is 0 Å². The largest absolute Gasteiger partial charge is 0.120 e. The highest BCUT2D eigenvalue weighted by atomic mass is 79.9. The van der Waals surface area contributed by atoms with E-state index in [1.165, 1.54) is 18.4 Å². The third kappa shape index (κ3) is 1.62. The van der Waals surface area contributed by atoms with Crippen molar-refractivity contribution in [2.75, 3.05) is 0 Å². The monoisotopic (exact) mass is 262 g/mol. The summed E-state index contributed by atoms with van der Waals surface area (Å²) in [6, 6.07) is 8.58. The molecule has 0 heterocycles. The van der Waals surface area contributed by atoms with Gasteiger partial charge in [-0.15, -0.1) is 6.42 Å². The SMILES string of the molecule is C#CC(C)(C)C1(c2ccc(Br)cc2)CC1. The molecule has 0 aromatic heterocycles. The van der Waals surface area contributed by atoms with Crippen LogP contribution >= 0.6 is 15.9 Å². The van der Waals surface area contributed by atoms with E-state index in [1.807, 2.05) is 0 Å². The van der Waals surface area contributed by atoms with Gasteiger partial charge >= 0.3 is 0 Å². The van der Waals surface area contributed by atoms with Crippen LogP contribution in [0.15, 0.2) is 28.7 Å². The maximum absolute atomic E-state index is 5.64. The fraction of sp³-hybridized carbons (Fsp3) is 0.429. The van der Waals surface area contributed by atoms with E-state index < -0.39 is 0 Å². The Bertz CT molecular complexity index is 402. The Morgan fingerprint density at radius 1 is 1.27 bits per heavy atom. The average Bonchev–Trinajstić information content (AvgIpc) is 3.00. The van der Waals surface area contributed by atoms with Crippen LogP contribution in [0.3, 0.4) is 0 Å². The topological polar surface area (TPSA) is 0 Å². The molecular weight excluding hydrogens is 248 g/mol. The molecule has 0 atom stereocenters. The smallest absolute Gasteiger partial charge is 0.0352 e. The molecule has 0 nitrogen and oxygen atoms in total. The molecule has 2 rings (SSSR count). The molecule has 0 bridgehead atoms. The van der Waals surface area contributed by atoms with Crippen LogP contribution in [-0.4, -0.2) is 0 Å². The van der Waals surface area contributed by atoms with Gasteiger partial charge in [-0.2, -0.15) is 0 Å². The quantitative estimate of drug-likeness (QED) is 0.703. The molecule has 1 aliphatic carbocycles. The third-order valence-corrected chi connectivity index (χ3v) is 4.23. The predicted octanol–water partition coefficient (Wildman–Crippen LogP) is 4.14. The normalized spacial score (nSPS) is 18.3. The summed E-state index contributed by atoms with van der Waals surface area (Å²) in [6.07, 6.45) is 8.07. The van der Waals surface area contributed by atoms with Crippen LogP contribution in [0.2, 0.25) is 0 Å². The van der Waals surface area contributed by atoms with Gasteiger partial charge in [-0.05, 0) is 44.4 Å². The van der Waals surface area contributed by atoms with E-state index in [4.69, 9.17) is 6.42 Å². The van der Waals surface area contributed by atoms with Gasteiger partial charge in [0.15, 0.2) is 0 Å². The number of benzene rings is 1. The molecule has 1 fully saturated rings. The van der Waals surface area contributed by atoms with Gasteiger partial charge in [0.2, 0.25) is 0 Å². The van der Waals surface area contributed by atoms with Crippen molar-refractivity contribution < 1.29 is 0 Å². The van der Waals surface area contributed by atoms with Gasteiger partial charge < -0.3 is 0 Å². The highest BCUT2D eigenvalue weighted by Crippen LogP contribution is 2.59. The summed E-state index contributed by atoms with van der Waals surface area (Å²) < 4.78 is 1.13. The van der Waals surface area contributed by atoms with E-state index in [2.05, 4.69) is 60.0 Å². The van der Waals surface area contributed by atoms with Crippen molar-refractivity contribution in [3.8, 4) is 12.3 Å². The Kier molecular flexibility index (Phi) is 2.43. The Labute approximate surface area is 100 Å². The number of terminal acetylenes is 1. The molecule has 15 heavy (non-hydrogen) atoms. The minimum Gasteiger partial charge on any atom is -0.120 e. The van der Waals surface area contributed by atoms with Gasteiger partial charge in [0, 0.05) is 15.3 Å². The molecule has 1 aliphatic rings. The van der Waals surface area contributed by atoms with Crippen LogP contribution in [0, 0.1) is 17.8 Å². The lowest BCUT2D eigenvalue weighted by Gasteiger charge is -2.30. The fourth-order valence-electron chi connectivity index (χ4n) is 2.31. The minimum atomic E-state index is -0.0408. The van der Waals surface area contributed by atoms with Gasteiger partial charge in [0.1, 0.15) is 0 Å². The fourth-order valence-corrected chi connectivity index (χ4v) is 2.57. The lowest BCUT2D eigenvalue weighted by Crippen LogP contribution is -2.27. The van der Waals surface area contributed by atoms with Crippen molar-refractivity contribution in [2.24, 2.45) is 5.41 Å². The second-order valence-electron chi connectivity index (χ2n) is 4.86. The molecule has 0 saturated heterocycles. The molecule has 0 amide bonds. The number of hydrogen-bond acceptors (Lipinski definition) is 0. The summed E-state index contributed by atoms with van der Waals surface area (Å²) in [6.45, 7) is 4.34. The van der Waals surface area contributed by atoms with Crippen molar-refractivity contribution in [1.29, 1.82) is 0 Å². The molecule has 1 heteroatoms. The van der Waals surface area contributed by atoms with Crippen LogP contribution in [0.4, 0.5) is 0 Å². The zero-order chi connectivity index (χ0) is 11.1. The van der Waals surface area contributed by atoms with Crippen LogP contribution in [-0.2, 0) is 5.41 Å². The Morgan fingerprint density at radius 3 is 2.20 bits per heavy atom. The first kappa shape index (κ1) is 10.8. The minimum absolute atomic E-state index is 0.0408. The van der Waals surface area contributed by atoms with E-state index in [-0.39, 0.29) is 10.8 Å². The van der Waals surface area contributed by atoms with Gasteiger partial charge in [0.25, 0.3) is 0 Å². The van der Waals surface area contributed by atoms with E-state index in [9.17, 15) is 0 Å². The molecule has 0 radical (unpaired) electrons. The van der Waals surface area contributed by atoms with Crippen molar-refractivity contribution in [2.45, 2.75) is 32.1 Å². The van der Waals surface area contributed by atoms with Crippen LogP contribution in [0.5, 0.6) is 0 Å². The molecule has 0 N–H and O–H groups in total. The van der Waals surface area contributed by atoms with Gasteiger partial charge in [-0.25, -0.2) is 0 Å². The summed E-state index contributed by atoms with van der Waals surface area (Å²) in [4.78, 5) is 0. The summed E-state index contributed by atoms with van der Waals surface area (Å²) in [5, 5.41) is 0. The molecule has 0 unspecified atom stereocenters. The first-order chi connectivity index (χ1) is 7.02. The summed E-state index contributed by atoms with van der Waals surface area (Å²) >= 11 is 3.46. The maximum Gasteiger partial charge on any atom is 0.0352 e. The van der Waals surface area contributed by atoms with Crippen LogP contribution in [0.1, 0.15) is 32.3 Å². The number of rotatable bonds is 2. The van der Waals surface area contributed by atoms with E-state index in [0.717, 1.165) is 4.47 Å². The molecular formula is C14H15Br. The zero-order valence-electron chi connectivity index (χ0n) is 9.18. The highest BCUT2D eigenvalue weighted by Gasteiger charge is 2.54. The first-order valence-corrected chi connectivity index (χ1v) is 6.05. The summed E-state index contributed by atoms with van der Waals surface area (Å²) in [5.41, 5.74) is 1.57. The zero-order valence-corrected chi connectivity index (χ0v) is 10.8. The van der Waals surface area contributed by atoms with Gasteiger partial charge in [0.05, 0.1) is 0 Å². The van der Waals surface area contributed by atoms with Crippen molar-refractivity contribution >= 4 is 15.9 Å². The van der Waals surface area contributed by atoms with Crippen LogP contribution < -0.4 is 0 Å². The average molecular weight is 263 g/mol. The standard InChI is InChI=1S/C14H15Br/c1-4-13(2,3)14(9-10-14)11-5-7-12(15)8-6-11/h1,5-8H,9-10H2,2-3H3. The maximum atomic E-state index is 5.64. The Balaban J connectivity index is 2.40. The number of halogens is 1. The lowest BCUT2D eigenvalue weighted by molar-refractivity contribution is 0.368. The summed E-state index contributed by atoms with van der Waals surface area (Å²) in [5.74, 6) is 2.95. The molecule has 1 aromatic carbocycles. The Morgan fingerprint density at radius 2 is 1.80 bits per heavy atom. The van der Waals surface area contributed by atoms with Crippen molar-refractivity contribution in [3.63, 3.8) is 0 Å². The second kappa shape index (κ2) is 3.39. The predicted molar refractivity (Wildman–Crippen MR) is 67.7 cm³/mol. The first-order valence-electron chi connectivity index (χ1n) is 5.26. The lowest BCUT2D eigenvalue weighted by atomic mass is 9.72. The molecule has 1 saturated carbocycles. The Hall–Kier alpha value is -0.740. The van der Waals surface area contributed by atoms with Crippen molar-refractivity contribution in [3.05, 3.63) is 34.3 Å². The summed E-state index contributed by atoms with van der Waals surface area (Å²) in [7, 11) is 0. The highest BCUT2D eigenvalue weighted by molar-refractivity contribution is 9.10. The van der Waals surface area contributed by atoms with E-state index in [0.29, 0.717) is 0 Å². The van der Waals surface area contributed by atoms with Crippen molar-refractivity contribution in [1.82, 2.24) is 0 Å². The number of hydrogen-bond donors (Lipinski definition) is 0. The van der Waals surface area contributed by atoms with Gasteiger partial charge in [-0.1, -0.05) is 34.0 Å². The second-order valence-corrected chi connectivity index (χ2v) is 5.77. The van der Waals surface area contributed by atoms with E-state index in [1.54, 1.807) is 0 Å². The molecule has 78 valence electrons. The van der Waals surface area contributed by atoms with E-state index >= 15 is 0 Å².